The van der Waals surface area contributed by atoms with E-state index in [0.29, 0.717) is 0 Å². The van der Waals surface area contributed by atoms with Crippen molar-refractivity contribution in [3.63, 3.8) is 0 Å². The number of hydrogen-bond donors (Lipinski definition) is 0. The summed E-state index contributed by atoms with van der Waals surface area (Å²) < 4.78 is 0. The van der Waals surface area contributed by atoms with Crippen molar-refractivity contribution in [1.29, 1.82) is 0 Å². The van der Waals surface area contributed by atoms with Gasteiger partial charge in [0, 0.05) is 28.7 Å². The molecule has 2 heteroatoms. The third-order valence-corrected chi connectivity index (χ3v) is 11.5. The van der Waals surface area contributed by atoms with Gasteiger partial charge in [-0.15, -0.1) is 0 Å². The van der Waals surface area contributed by atoms with Gasteiger partial charge in [0.2, 0.25) is 0 Å². The van der Waals surface area contributed by atoms with Crippen LogP contribution in [0.4, 0.5) is 28.4 Å². The minimum absolute atomic E-state index is 0.174. The molecule has 1 heterocycles. The standard InChI is InChI=1S/C54H46N2/c1-5-15-40-36-47(28-25-39(40)6-2)56-52-21-14-13-20-50(52)54(3,4)51-37-42(27-31-53(51)56)41-26-30-49-44(35-41)24-23-43-34-38(22-29-48(43)49)32-33-55(45-16-9-7-10-17-45)46-18-11-8-12-19-46/h5,7-37H,6H2,1-4H3/b15-5-,33-32+. The Kier molecular flexibility index (Phi) is 9.11. The van der Waals surface area contributed by atoms with Crippen molar-refractivity contribution in [2.45, 2.75) is 39.5 Å². The Balaban J connectivity index is 1.07. The third kappa shape index (κ3) is 6.28. The Hall–Kier alpha value is -6.64. The molecule has 0 spiro atoms. The predicted molar refractivity (Wildman–Crippen MR) is 242 cm³/mol. The van der Waals surface area contributed by atoms with Gasteiger partial charge in [-0.1, -0.05) is 136 Å². The molecule has 8 aromatic rings. The lowest BCUT2D eigenvalue weighted by Gasteiger charge is -2.42. The second-order valence-corrected chi connectivity index (χ2v) is 15.3. The number of allylic oxidation sites excluding steroid dienone is 1. The number of aryl methyl sites for hydroxylation is 1. The molecule has 1 aliphatic heterocycles. The van der Waals surface area contributed by atoms with Gasteiger partial charge in [-0.2, -0.15) is 0 Å². The fourth-order valence-corrected chi connectivity index (χ4v) is 8.57. The first-order valence-electron chi connectivity index (χ1n) is 19.8. The van der Waals surface area contributed by atoms with Crippen LogP contribution in [0.3, 0.4) is 0 Å². The lowest BCUT2D eigenvalue weighted by atomic mass is 9.73. The van der Waals surface area contributed by atoms with Gasteiger partial charge in [-0.25, -0.2) is 0 Å². The molecule has 56 heavy (non-hydrogen) atoms. The Morgan fingerprint density at radius 2 is 1.18 bits per heavy atom. The Bertz CT molecular complexity index is 2730. The number of nitrogens with zero attached hydrogens (tertiary/aromatic N) is 2. The van der Waals surface area contributed by atoms with Gasteiger partial charge < -0.3 is 9.80 Å². The van der Waals surface area contributed by atoms with E-state index < -0.39 is 0 Å². The summed E-state index contributed by atoms with van der Waals surface area (Å²) in [5.41, 5.74) is 14.7. The van der Waals surface area contributed by atoms with Crippen molar-refractivity contribution in [1.82, 2.24) is 0 Å². The van der Waals surface area contributed by atoms with Crippen molar-refractivity contribution in [3.8, 4) is 11.1 Å². The van der Waals surface area contributed by atoms with Crippen LogP contribution >= 0.6 is 0 Å². The van der Waals surface area contributed by atoms with Crippen LogP contribution < -0.4 is 9.80 Å². The maximum atomic E-state index is 2.46. The molecule has 0 atom stereocenters. The van der Waals surface area contributed by atoms with Gasteiger partial charge in [0.1, 0.15) is 0 Å². The van der Waals surface area contributed by atoms with Gasteiger partial charge in [0.15, 0.2) is 0 Å². The second-order valence-electron chi connectivity index (χ2n) is 15.3. The maximum Gasteiger partial charge on any atom is 0.0503 e. The third-order valence-electron chi connectivity index (χ3n) is 11.5. The van der Waals surface area contributed by atoms with Gasteiger partial charge in [-0.3, -0.25) is 0 Å². The Morgan fingerprint density at radius 3 is 1.89 bits per heavy atom. The summed E-state index contributed by atoms with van der Waals surface area (Å²) in [6.07, 6.45) is 9.75. The van der Waals surface area contributed by atoms with E-state index in [1.807, 2.05) is 0 Å². The van der Waals surface area contributed by atoms with Gasteiger partial charge in [0.25, 0.3) is 0 Å². The summed E-state index contributed by atoms with van der Waals surface area (Å²) in [5.74, 6) is 0. The highest BCUT2D eigenvalue weighted by Gasteiger charge is 2.37. The topological polar surface area (TPSA) is 6.48 Å². The molecule has 8 aromatic carbocycles. The molecule has 0 N–H and O–H groups in total. The summed E-state index contributed by atoms with van der Waals surface area (Å²) in [6, 6.07) is 62.2. The van der Waals surface area contributed by atoms with E-state index in [2.05, 4.69) is 232 Å². The quantitative estimate of drug-likeness (QED) is 0.144. The smallest absolute Gasteiger partial charge is 0.0503 e. The van der Waals surface area contributed by atoms with Crippen molar-refractivity contribution < 1.29 is 0 Å². The van der Waals surface area contributed by atoms with Gasteiger partial charge >= 0.3 is 0 Å². The molecule has 9 rings (SSSR count). The highest BCUT2D eigenvalue weighted by Crippen LogP contribution is 2.53. The molecule has 0 fully saturated rings. The van der Waals surface area contributed by atoms with Crippen molar-refractivity contribution in [2.75, 3.05) is 9.80 Å². The number of rotatable bonds is 8. The Morgan fingerprint density at radius 1 is 0.554 bits per heavy atom. The van der Waals surface area contributed by atoms with Crippen molar-refractivity contribution in [3.05, 3.63) is 210 Å². The minimum atomic E-state index is -0.174. The van der Waals surface area contributed by atoms with E-state index >= 15 is 0 Å². The SMILES string of the molecule is C/C=C\c1cc(N2c3ccccc3C(C)(C)c3cc(-c4ccc5c(ccc6cc(/C=C/N(c7ccccc7)c7ccccc7)ccc65)c4)ccc32)ccc1CC. The summed E-state index contributed by atoms with van der Waals surface area (Å²) in [7, 11) is 0. The number of para-hydroxylation sites is 3. The molecular weight excluding hydrogens is 677 g/mol. The van der Waals surface area contributed by atoms with Gasteiger partial charge in [-0.05, 0) is 147 Å². The molecule has 0 amide bonds. The fraction of sp³-hybridized carbons (Fsp3) is 0.111. The number of hydrogen-bond acceptors (Lipinski definition) is 2. The zero-order valence-electron chi connectivity index (χ0n) is 32.6. The summed E-state index contributed by atoms with van der Waals surface area (Å²) >= 11 is 0. The van der Waals surface area contributed by atoms with Crippen molar-refractivity contribution in [2.24, 2.45) is 0 Å². The van der Waals surface area contributed by atoms with Crippen LogP contribution in [0.2, 0.25) is 0 Å². The average molecular weight is 723 g/mol. The second kappa shape index (κ2) is 14.5. The van der Waals surface area contributed by atoms with E-state index in [4.69, 9.17) is 0 Å². The molecule has 0 bridgehead atoms. The van der Waals surface area contributed by atoms with Gasteiger partial charge in [0.05, 0.1) is 11.4 Å². The zero-order valence-corrected chi connectivity index (χ0v) is 32.6. The molecule has 1 aliphatic rings. The summed E-state index contributed by atoms with van der Waals surface area (Å²) in [4.78, 5) is 4.69. The van der Waals surface area contributed by atoms with E-state index in [0.717, 1.165) is 23.4 Å². The number of fused-ring (bicyclic) bond motifs is 5. The fourth-order valence-electron chi connectivity index (χ4n) is 8.57. The van der Waals surface area contributed by atoms with Crippen LogP contribution in [0.15, 0.2) is 182 Å². The van der Waals surface area contributed by atoms with Crippen molar-refractivity contribution >= 4 is 62.1 Å². The highest BCUT2D eigenvalue weighted by atomic mass is 15.2. The van der Waals surface area contributed by atoms with E-state index in [-0.39, 0.29) is 5.41 Å². The Labute approximate surface area is 331 Å². The molecule has 2 nitrogen and oxygen atoms in total. The van der Waals surface area contributed by atoms with E-state index in [1.54, 1.807) is 0 Å². The van der Waals surface area contributed by atoms with Crippen LogP contribution in [-0.2, 0) is 11.8 Å². The van der Waals surface area contributed by atoms with Crippen LogP contribution in [0.25, 0.3) is 44.8 Å². The number of benzene rings is 8. The highest BCUT2D eigenvalue weighted by molar-refractivity contribution is 6.09. The maximum absolute atomic E-state index is 2.46. The summed E-state index contributed by atoms with van der Waals surface area (Å²) in [6.45, 7) is 9.07. The lowest BCUT2D eigenvalue weighted by Crippen LogP contribution is -2.30. The van der Waals surface area contributed by atoms with Crippen LogP contribution in [0.1, 0.15) is 55.5 Å². The first-order valence-corrected chi connectivity index (χ1v) is 19.8. The first-order chi connectivity index (χ1) is 27.4. The van der Waals surface area contributed by atoms with Crippen LogP contribution in [-0.4, -0.2) is 0 Å². The van der Waals surface area contributed by atoms with E-state index in [1.165, 1.54) is 72.0 Å². The number of anilines is 5. The molecule has 0 aliphatic carbocycles. The molecule has 0 unspecified atom stereocenters. The normalized spacial score (nSPS) is 13.4. The monoisotopic (exact) mass is 722 g/mol. The molecular formula is C54H46N2. The first kappa shape index (κ1) is 35.1. The predicted octanol–water partition coefficient (Wildman–Crippen LogP) is 15.2. The zero-order chi connectivity index (χ0) is 38.2. The molecule has 0 radical (unpaired) electrons. The summed E-state index contributed by atoms with van der Waals surface area (Å²) in [5, 5.41) is 5.01. The molecule has 0 saturated carbocycles. The molecule has 0 aromatic heterocycles. The minimum Gasteiger partial charge on any atom is -0.317 e. The largest absolute Gasteiger partial charge is 0.317 e. The van der Waals surface area contributed by atoms with E-state index in [9.17, 15) is 0 Å². The average Bonchev–Trinajstić information content (AvgIpc) is 3.24. The van der Waals surface area contributed by atoms with Crippen LogP contribution in [0, 0.1) is 0 Å². The lowest BCUT2D eigenvalue weighted by molar-refractivity contribution is 0.632. The molecule has 0 saturated heterocycles. The van der Waals surface area contributed by atoms with Crippen LogP contribution in [0.5, 0.6) is 0 Å². The molecule has 272 valence electrons.